The van der Waals surface area contributed by atoms with Crippen LogP contribution in [0.25, 0.3) is 0 Å². The molecule has 7 nitrogen and oxygen atoms in total. The maximum atomic E-state index is 5.56. The van der Waals surface area contributed by atoms with Gasteiger partial charge >= 0.3 is 0 Å². The van der Waals surface area contributed by atoms with Crippen molar-refractivity contribution in [3.63, 3.8) is 0 Å². The third-order valence-corrected chi connectivity index (χ3v) is 3.81. The first-order chi connectivity index (χ1) is 13.2. The maximum Gasteiger partial charge on any atom is 0.195 e. The Morgan fingerprint density at radius 3 is 2.25 bits per heavy atom. The van der Waals surface area contributed by atoms with E-state index in [4.69, 9.17) is 18.9 Å². The molecule has 2 aromatic carbocycles. The predicted octanol–water partition coefficient (Wildman–Crippen LogP) is 3.53. The molecule has 8 heteroatoms. The van der Waals surface area contributed by atoms with Gasteiger partial charge in [-0.1, -0.05) is 12.1 Å². The lowest BCUT2D eigenvalue weighted by atomic mass is 10.2. The number of methoxy groups -OCH3 is 3. The highest BCUT2D eigenvalue weighted by atomic mass is 127. The molecule has 0 bridgehead atoms. The number of nitrogens with one attached hydrogen (secondary N) is 2. The monoisotopic (exact) mass is 501 g/mol. The molecule has 154 valence electrons. The zero-order valence-corrected chi connectivity index (χ0v) is 19.0. The van der Waals surface area contributed by atoms with Crippen molar-refractivity contribution in [2.75, 3.05) is 46.9 Å². The average molecular weight is 501 g/mol. The van der Waals surface area contributed by atoms with Gasteiger partial charge in [-0.15, -0.1) is 24.0 Å². The van der Waals surface area contributed by atoms with E-state index >= 15 is 0 Å². The summed E-state index contributed by atoms with van der Waals surface area (Å²) >= 11 is 0. The summed E-state index contributed by atoms with van der Waals surface area (Å²) in [6.45, 7) is 1.74. The van der Waals surface area contributed by atoms with E-state index in [2.05, 4.69) is 15.6 Å². The zero-order chi connectivity index (χ0) is 19.5. The fraction of sp³-hybridized carbons (Fsp3) is 0.350. The molecule has 0 fully saturated rings. The van der Waals surface area contributed by atoms with Crippen LogP contribution in [0.2, 0.25) is 0 Å². The second-order valence-electron chi connectivity index (χ2n) is 5.61. The van der Waals surface area contributed by atoms with Crippen LogP contribution in [0.5, 0.6) is 17.2 Å². The van der Waals surface area contributed by atoms with Crippen molar-refractivity contribution >= 4 is 35.6 Å². The molecule has 2 aromatic rings. The van der Waals surface area contributed by atoms with Gasteiger partial charge in [-0.25, -0.2) is 0 Å². The van der Waals surface area contributed by atoms with E-state index < -0.39 is 0 Å². The molecule has 0 amide bonds. The second kappa shape index (κ2) is 13.1. The number of benzene rings is 2. The third kappa shape index (κ3) is 7.43. The van der Waals surface area contributed by atoms with E-state index in [0.29, 0.717) is 37.2 Å². The standard InChI is InChI=1S/C20H27N3O4.HI/c1-21-20(23-16-7-10-18(25-3)19(13-16)26-4)22-14-15-5-8-17(9-6-15)27-12-11-24-2;/h5-10,13H,11-12,14H2,1-4H3,(H2,21,22,23);1H. The van der Waals surface area contributed by atoms with Crippen molar-refractivity contribution in [2.24, 2.45) is 4.99 Å². The number of nitrogens with zero attached hydrogens (tertiary/aromatic N) is 1. The van der Waals surface area contributed by atoms with Crippen LogP contribution in [0.4, 0.5) is 5.69 Å². The van der Waals surface area contributed by atoms with Crippen LogP contribution in [0.3, 0.4) is 0 Å². The van der Waals surface area contributed by atoms with E-state index in [0.717, 1.165) is 17.0 Å². The van der Waals surface area contributed by atoms with E-state index in [1.165, 1.54) is 0 Å². The predicted molar refractivity (Wildman–Crippen MR) is 123 cm³/mol. The summed E-state index contributed by atoms with van der Waals surface area (Å²) in [6, 6.07) is 13.5. The Morgan fingerprint density at radius 1 is 0.929 bits per heavy atom. The molecule has 28 heavy (non-hydrogen) atoms. The molecule has 0 radical (unpaired) electrons. The Bertz CT molecular complexity index is 739. The Morgan fingerprint density at radius 2 is 1.64 bits per heavy atom. The molecule has 2 N–H and O–H groups in total. The first-order valence-corrected chi connectivity index (χ1v) is 8.60. The van der Waals surface area contributed by atoms with Crippen molar-refractivity contribution in [3.8, 4) is 17.2 Å². The Kier molecular flexibility index (Phi) is 11.1. The highest BCUT2D eigenvalue weighted by Gasteiger charge is 2.06. The van der Waals surface area contributed by atoms with Gasteiger partial charge in [-0.05, 0) is 29.8 Å². The van der Waals surface area contributed by atoms with Crippen molar-refractivity contribution in [3.05, 3.63) is 48.0 Å². The smallest absolute Gasteiger partial charge is 0.195 e. The van der Waals surface area contributed by atoms with Gasteiger partial charge in [0, 0.05) is 32.5 Å². The van der Waals surface area contributed by atoms with Crippen molar-refractivity contribution in [1.82, 2.24) is 5.32 Å². The highest BCUT2D eigenvalue weighted by molar-refractivity contribution is 14.0. The summed E-state index contributed by atoms with van der Waals surface area (Å²) in [5.74, 6) is 2.81. The summed E-state index contributed by atoms with van der Waals surface area (Å²) in [5.41, 5.74) is 1.96. The van der Waals surface area contributed by atoms with Crippen LogP contribution in [-0.2, 0) is 11.3 Å². The minimum absolute atomic E-state index is 0. The van der Waals surface area contributed by atoms with Gasteiger partial charge in [0.05, 0.1) is 20.8 Å². The Hall–Kier alpha value is -2.20. The van der Waals surface area contributed by atoms with Gasteiger partial charge in [-0.3, -0.25) is 4.99 Å². The van der Waals surface area contributed by atoms with E-state index in [9.17, 15) is 0 Å². The van der Waals surface area contributed by atoms with Gasteiger partial charge in [-0.2, -0.15) is 0 Å². The SMILES string of the molecule is CN=C(NCc1ccc(OCCOC)cc1)Nc1ccc(OC)c(OC)c1.I. The van der Waals surface area contributed by atoms with Crippen LogP contribution in [0.15, 0.2) is 47.5 Å². The minimum atomic E-state index is 0. The molecule has 0 saturated heterocycles. The quantitative estimate of drug-likeness (QED) is 0.237. The average Bonchev–Trinajstić information content (AvgIpc) is 2.72. The van der Waals surface area contributed by atoms with Crippen molar-refractivity contribution in [1.29, 1.82) is 0 Å². The van der Waals surface area contributed by atoms with Gasteiger partial charge in [0.1, 0.15) is 12.4 Å². The number of aliphatic imine (C=N–C) groups is 1. The van der Waals surface area contributed by atoms with E-state index in [-0.39, 0.29) is 24.0 Å². The number of hydrogen-bond donors (Lipinski definition) is 2. The second-order valence-corrected chi connectivity index (χ2v) is 5.61. The lowest BCUT2D eigenvalue weighted by Gasteiger charge is -2.14. The molecule has 2 rings (SSSR count). The Balaban J connectivity index is 0.00000392. The zero-order valence-electron chi connectivity index (χ0n) is 16.7. The van der Waals surface area contributed by atoms with Gasteiger partial charge in [0.15, 0.2) is 17.5 Å². The molecule has 0 saturated carbocycles. The third-order valence-electron chi connectivity index (χ3n) is 3.81. The summed E-state index contributed by atoms with van der Waals surface area (Å²) in [6.07, 6.45) is 0. The topological polar surface area (TPSA) is 73.3 Å². The molecular weight excluding hydrogens is 473 g/mol. The molecule has 0 spiro atoms. The van der Waals surface area contributed by atoms with Crippen molar-refractivity contribution < 1.29 is 18.9 Å². The van der Waals surface area contributed by atoms with Crippen LogP contribution in [-0.4, -0.2) is 47.6 Å². The molecular formula is C20H28IN3O4. The minimum Gasteiger partial charge on any atom is -0.493 e. The molecule has 0 unspecified atom stereocenters. The first-order valence-electron chi connectivity index (χ1n) is 8.60. The fourth-order valence-electron chi connectivity index (χ4n) is 2.36. The maximum absolute atomic E-state index is 5.56. The molecule has 0 aliphatic carbocycles. The summed E-state index contributed by atoms with van der Waals surface area (Å²) in [5, 5.41) is 6.51. The number of ether oxygens (including phenoxy) is 4. The van der Waals surface area contributed by atoms with Gasteiger partial charge in [0.25, 0.3) is 0 Å². The van der Waals surface area contributed by atoms with Crippen LogP contribution in [0.1, 0.15) is 5.56 Å². The van der Waals surface area contributed by atoms with Gasteiger partial charge < -0.3 is 29.6 Å². The Labute approximate surface area is 183 Å². The summed E-state index contributed by atoms with van der Waals surface area (Å²) < 4.78 is 21.1. The number of guanidine groups is 1. The number of anilines is 1. The van der Waals surface area contributed by atoms with Gasteiger partial charge in [0.2, 0.25) is 0 Å². The molecule has 0 atom stereocenters. The largest absolute Gasteiger partial charge is 0.493 e. The van der Waals surface area contributed by atoms with Crippen LogP contribution >= 0.6 is 24.0 Å². The fourth-order valence-corrected chi connectivity index (χ4v) is 2.36. The normalized spacial score (nSPS) is 10.6. The first kappa shape index (κ1) is 23.8. The van der Waals surface area contributed by atoms with E-state index in [1.807, 2.05) is 42.5 Å². The van der Waals surface area contributed by atoms with Crippen LogP contribution < -0.4 is 24.8 Å². The number of halogens is 1. The number of hydrogen-bond acceptors (Lipinski definition) is 5. The highest BCUT2D eigenvalue weighted by Crippen LogP contribution is 2.29. The van der Waals surface area contributed by atoms with Crippen molar-refractivity contribution in [2.45, 2.75) is 6.54 Å². The van der Waals surface area contributed by atoms with E-state index in [1.54, 1.807) is 28.4 Å². The molecule has 0 heterocycles. The lowest BCUT2D eigenvalue weighted by molar-refractivity contribution is 0.146. The van der Waals surface area contributed by atoms with Crippen LogP contribution in [0, 0.1) is 0 Å². The molecule has 0 aromatic heterocycles. The molecule has 0 aliphatic rings. The summed E-state index contributed by atoms with van der Waals surface area (Å²) in [7, 11) is 6.60. The lowest BCUT2D eigenvalue weighted by Crippen LogP contribution is -2.30. The molecule has 0 aliphatic heterocycles. The number of rotatable bonds is 9. The summed E-state index contributed by atoms with van der Waals surface area (Å²) in [4.78, 5) is 4.25.